The van der Waals surface area contributed by atoms with Crippen LogP contribution in [0.3, 0.4) is 0 Å². The van der Waals surface area contributed by atoms with Gasteiger partial charge < -0.3 is 25.2 Å². The average molecular weight is 827 g/mol. The molecule has 1 aromatic carbocycles. The van der Waals surface area contributed by atoms with Gasteiger partial charge in [-0.15, -0.1) is 0 Å². The number of aliphatic hydroxyl groups excluding tert-OH is 1. The molecular weight excluding hydrogens is 753 g/mol. The SMILES string of the molecule is CC(C)C1=C2[C@H]3CC[C@@H]4[C@@]5(C)CC[C@H](OC(=O)[C@H]6C[C@@H](C(=O)O)C6(C)C)C(C)(C)[C@@H]5CC[C@@]4(C)[C@]3(C)CC[C@@]2([C@@H](O)CNC(=O)c2ccc(N3CCCCC3)cc2)CC1=O. The average Bonchev–Trinajstić information content (AvgIpc) is 3.51. The number of amides is 1. The number of benzene rings is 1. The van der Waals surface area contributed by atoms with Crippen LogP contribution in [-0.2, 0) is 19.1 Å². The number of rotatable bonds is 9. The van der Waals surface area contributed by atoms with E-state index >= 15 is 0 Å². The van der Waals surface area contributed by atoms with Gasteiger partial charge in [-0.3, -0.25) is 19.2 Å². The molecule has 0 spiro atoms. The van der Waals surface area contributed by atoms with Crippen molar-refractivity contribution in [3.8, 4) is 0 Å². The van der Waals surface area contributed by atoms with E-state index in [-0.39, 0.29) is 63.8 Å². The van der Waals surface area contributed by atoms with E-state index in [4.69, 9.17) is 4.74 Å². The van der Waals surface area contributed by atoms with Crippen molar-refractivity contribution >= 4 is 29.3 Å². The van der Waals surface area contributed by atoms with E-state index in [1.54, 1.807) is 0 Å². The lowest BCUT2D eigenvalue weighted by Gasteiger charge is -2.72. The second-order valence-corrected chi connectivity index (χ2v) is 23.0. The van der Waals surface area contributed by atoms with Crippen molar-refractivity contribution in [3.05, 3.63) is 41.0 Å². The highest BCUT2D eigenvalue weighted by molar-refractivity contribution is 6.01. The zero-order chi connectivity index (χ0) is 43.4. The highest BCUT2D eigenvalue weighted by Gasteiger charge is 2.71. The number of carboxylic acids is 1. The van der Waals surface area contributed by atoms with E-state index in [0.717, 1.165) is 75.7 Å². The molecule has 7 aliphatic rings. The molecule has 0 aromatic heterocycles. The van der Waals surface area contributed by atoms with E-state index in [9.17, 15) is 29.4 Å². The molecular formula is C51H74N2O7. The lowest BCUT2D eigenvalue weighted by molar-refractivity contribution is -0.238. The predicted octanol–water partition coefficient (Wildman–Crippen LogP) is 9.41. The molecule has 1 saturated heterocycles. The number of aliphatic hydroxyl groups is 1. The standard InChI is InChI=1S/C51H74N2O7/c1-30(2)41-36(54)28-51(39(55)29-52-43(56)31-13-15-32(16-14-31)53-25-11-10-12-26-53)24-23-49(8)33(42(41)51)17-18-38-48(7)21-20-40(47(5,6)37(48)19-22-50(38,49)9)60-45(59)35-27-34(44(57)58)46(35,3)4/h13-16,30,33-35,37-40,55H,10-12,17-29H2,1-9H3,(H,52,56)(H,57,58)/t33-,34+,35-,37+,38-,39+,40+,48+,49-,50-,51+/m1/s1. The first-order valence-corrected chi connectivity index (χ1v) is 23.7. The predicted molar refractivity (Wildman–Crippen MR) is 233 cm³/mol. The fourth-order valence-corrected chi connectivity index (χ4v) is 15.7. The van der Waals surface area contributed by atoms with Crippen LogP contribution in [0, 0.1) is 68.0 Å². The summed E-state index contributed by atoms with van der Waals surface area (Å²) >= 11 is 0. The van der Waals surface area contributed by atoms with Crippen LogP contribution in [0.15, 0.2) is 35.4 Å². The minimum absolute atomic E-state index is 0.00890. The van der Waals surface area contributed by atoms with Crippen LogP contribution < -0.4 is 10.2 Å². The molecule has 9 heteroatoms. The summed E-state index contributed by atoms with van der Waals surface area (Å²) in [4.78, 5) is 55.6. The van der Waals surface area contributed by atoms with Crippen molar-refractivity contribution in [2.45, 2.75) is 158 Å². The Bertz CT molecular complexity index is 1930. The number of hydrogen-bond acceptors (Lipinski definition) is 7. The summed E-state index contributed by atoms with van der Waals surface area (Å²) in [7, 11) is 0. The fraction of sp³-hybridized carbons (Fsp3) is 0.765. The fourth-order valence-electron chi connectivity index (χ4n) is 15.7. The van der Waals surface area contributed by atoms with Gasteiger partial charge in [0.05, 0.1) is 17.9 Å². The van der Waals surface area contributed by atoms with Crippen molar-refractivity contribution < 1.29 is 34.1 Å². The van der Waals surface area contributed by atoms with E-state index in [1.807, 2.05) is 38.1 Å². The summed E-state index contributed by atoms with van der Waals surface area (Å²) in [5.41, 5.74) is 2.31. The molecule has 1 aromatic rings. The molecule has 8 rings (SSSR count). The van der Waals surface area contributed by atoms with Gasteiger partial charge in [0.15, 0.2) is 5.78 Å². The second-order valence-electron chi connectivity index (χ2n) is 23.0. The Kier molecular flexibility index (Phi) is 10.8. The van der Waals surface area contributed by atoms with Crippen LogP contribution in [0.1, 0.15) is 156 Å². The number of piperidine rings is 1. The third kappa shape index (κ3) is 6.37. The Hall–Kier alpha value is -3.20. The molecule has 6 aliphatic carbocycles. The van der Waals surface area contributed by atoms with Gasteiger partial charge in [0, 0.05) is 48.1 Å². The molecule has 11 atom stereocenters. The molecule has 3 N–H and O–H groups in total. The van der Waals surface area contributed by atoms with Crippen LogP contribution in [0.2, 0.25) is 0 Å². The number of esters is 1. The Labute approximate surface area is 359 Å². The van der Waals surface area contributed by atoms with Gasteiger partial charge >= 0.3 is 11.9 Å². The number of Topliss-reactive ketones (excluding diaryl/α,β-unsaturated/α-hetero) is 1. The largest absolute Gasteiger partial charge is 0.481 e. The molecule has 9 nitrogen and oxygen atoms in total. The summed E-state index contributed by atoms with van der Waals surface area (Å²) in [6.07, 6.45) is 10.8. The number of fused-ring (bicyclic) bond motifs is 7. The number of carboxylic acid groups (broad SMARTS) is 1. The number of anilines is 1. The number of carbonyl (C=O) groups is 4. The summed E-state index contributed by atoms with van der Waals surface area (Å²) in [5, 5.41) is 25.1. The molecule has 1 amide bonds. The van der Waals surface area contributed by atoms with Crippen molar-refractivity contribution in [2.24, 2.45) is 68.0 Å². The van der Waals surface area contributed by atoms with Crippen LogP contribution in [0.5, 0.6) is 0 Å². The van der Waals surface area contributed by atoms with Crippen molar-refractivity contribution in [1.29, 1.82) is 0 Å². The maximum atomic E-state index is 14.2. The maximum absolute atomic E-state index is 14.2. The Morgan fingerprint density at radius 3 is 2.13 bits per heavy atom. The molecule has 1 heterocycles. The molecule has 0 radical (unpaired) electrons. The zero-order valence-corrected chi connectivity index (χ0v) is 38.1. The van der Waals surface area contributed by atoms with Gasteiger partial charge in [0.1, 0.15) is 6.10 Å². The smallest absolute Gasteiger partial charge is 0.309 e. The Morgan fingerprint density at radius 2 is 1.50 bits per heavy atom. The summed E-state index contributed by atoms with van der Waals surface area (Å²) in [5.74, 6) is -0.960. The normalized spacial score (nSPS) is 39.7. The Morgan fingerprint density at radius 1 is 0.817 bits per heavy atom. The molecule has 6 fully saturated rings. The van der Waals surface area contributed by atoms with E-state index in [0.29, 0.717) is 30.2 Å². The summed E-state index contributed by atoms with van der Waals surface area (Å²) in [6, 6.07) is 7.84. The number of ketones is 1. The highest BCUT2D eigenvalue weighted by atomic mass is 16.5. The van der Waals surface area contributed by atoms with Crippen LogP contribution in [0.4, 0.5) is 5.69 Å². The lowest BCUT2D eigenvalue weighted by Crippen LogP contribution is -2.66. The minimum atomic E-state index is -0.869. The monoisotopic (exact) mass is 827 g/mol. The van der Waals surface area contributed by atoms with Crippen LogP contribution in [-0.4, -0.2) is 65.7 Å². The van der Waals surface area contributed by atoms with Crippen molar-refractivity contribution in [3.63, 3.8) is 0 Å². The van der Waals surface area contributed by atoms with E-state index in [2.05, 4.69) is 58.7 Å². The van der Waals surface area contributed by atoms with Gasteiger partial charge in [0.25, 0.3) is 5.91 Å². The first kappa shape index (κ1) is 43.4. The summed E-state index contributed by atoms with van der Waals surface area (Å²) in [6.45, 7) is 22.4. The number of allylic oxidation sites excluding steroid dienone is 1. The minimum Gasteiger partial charge on any atom is -0.481 e. The van der Waals surface area contributed by atoms with E-state index < -0.39 is 34.7 Å². The first-order valence-electron chi connectivity index (χ1n) is 23.7. The molecule has 0 unspecified atom stereocenters. The molecule has 5 saturated carbocycles. The number of nitrogens with one attached hydrogen (secondary N) is 1. The molecule has 330 valence electrons. The quantitative estimate of drug-likeness (QED) is 0.210. The number of hydrogen-bond donors (Lipinski definition) is 3. The number of aliphatic carboxylic acids is 1. The summed E-state index contributed by atoms with van der Waals surface area (Å²) < 4.78 is 6.43. The van der Waals surface area contributed by atoms with Crippen LogP contribution in [0.25, 0.3) is 0 Å². The number of carbonyl (C=O) groups excluding carboxylic acids is 3. The van der Waals surface area contributed by atoms with Crippen LogP contribution >= 0.6 is 0 Å². The van der Waals surface area contributed by atoms with Gasteiger partial charge in [-0.2, -0.15) is 0 Å². The highest BCUT2D eigenvalue weighted by Crippen LogP contribution is 2.77. The third-order valence-corrected chi connectivity index (χ3v) is 19.5. The van der Waals surface area contributed by atoms with Gasteiger partial charge in [-0.25, -0.2) is 0 Å². The van der Waals surface area contributed by atoms with Gasteiger partial charge in [0.2, 0.25) is 0 Å². The third-order valence-electron chi connectivity index (χ3n) is 19.5. The molecule has 0 bridgehead atoms. The van der Waals surface area contributed by atoms with Crippen molar-refractivity contribution in [2.75, 3.05) is 24.5 Å². The molecule has 1 aliphatic heterocycles. The topological polar surface area (TPSA) is 133 Å². The Balaban J connectivity index is 1.00. The second kappa shape index (κ2) is 15.0. The lowest BCUT2D eigenvalue weighted by atomic mass is 9.33. The number of nitrogens with zero attached hydrogens (tertiary/aromatic N) is 1. The number of ether oxygens (including phenoxy) is 1. The van der Waals surface area contributed by atoms with Crippen molar-refractivity contribution in [1.82, 2.24) is 5.32 Å². The maximum Gasteiger partial charge on any atom is 0.309 e. The van der Waals surface area contributed by atoms with E-state index in [1.165, 1.54) is 24.8 Å². The first-order chi connectivity index (χ1) is 28.1. The van der Waals surface area contributed by atoms with Gasteiger partial charge in [-0.1, -0.05) is 67.9 Å². The molecule has 60 heavy (non-hydrogen) atoms. The zero-order valence-electron chi connectivity index (χ0n) is 38.1. The van der Waals surface area contributed by atoms with Gasteiger partial charge in [-0.05, 0) is 152 Å².